The van der Waals surface area contributed by atoms with Gasteiger partial charge in [-0.15, -0.1) is 0 Å². The molecular weight excluding hydrogens is 152 g/mol. The first-order chi connectivity index (χ1) is 5.36. The number of aliphatic hydroxyl groups is 2. The molecular formula is C10H20O2. The Kier molecular flexibility index (Phi) is 2.50. The largest absolute Gasteiger partial charge is 0.368 e. The van der Waals surface area contributed by atoms with Gasteiger partial charge in [0, 0.05) is 5.41 Å². The SMILES string of the molecule is CC1(C)CCCC(C)(C(O)O)C1. The van der Waals surface area contributed by atoms with Crippen molar-refractivity contribution in [3.63, 3.8) is 0 Å². The van der Waals surface area contributed by atoms with E-state index in [1.165, 1.54) is 6.42 Å². The maximum absolute atomic E-state index is 9.22. The van der Waals surface area contributed by atoms with Crippen LogP contribution in [0.15, 0.2) is 0 Å². The van der Waals surface area contributed by atoms with Crippen LogP contribution in [0.2, 0.25) is 0 Å². The first kappa shape index (κ1) is 10.0. The van der Waals surface area contributed by atoms with Crippen molar-refractivity contribution in [2.75, 3.05) is 0 Å². The van der Waals surface area contributed by atoms with E-state index < -0.39 is 6.29 Å². The molecule has 0 amide bonds. The highest BCUT2D eigenvalue weighted by atomic mass is 16.5. The topological polar surface area (TPSA) is 40.5 Å². The van der Waals surface area contributed by atoms with E-state index in [4.69, 9.17) is 0 Å². The van der Waals surface area contributed by atoms with Crippen molar-refractivity contribution in [3.8, 4) is 0 Å². The van der Waals surface area contributed by atoms with Crippen LogP contribution >= 0.6 is 0 Å². The van der Waals surface area contributed by atoms with Gasteiger partial charge in [0.05, 0.1) is 0 Å². The Labute approximate surface area is 74.6 Å². The molecule has 0 aromatic rings. The van der Waals surface area contributed by atoms with E-state index >= 15 is 0 Å². The summed E-state index contributed by atoms with van der Waals surface area (Å²) in [7, 11) is 0. The average Bonchev–Trinajstić information content (AvgIpc) is 1.83. The van der Waals surface area contributed by atoms with Crippen molar-refractivity contribution in [1.82, 2.24) is 0 Å². The second-order valence-corrected chi connectivity index (χ2v) is 5.22. The predicted molar refractivity (Wildman–Crippen MR) is 48.6 cm³/mol. The van der Waals surface area contributed by atoms with Crippen molar-refractivity contribution in [1.29, 1.82) is 0 Å². The summed E-state index contributed by atoms with van der Waals surface area (Å²) in [5, 5.41) is 18.4. The Hall–Kier alpha value is -0.0800. The van der Waals surface area contributed by atoms with Crippen molar-refractivity contribution in [2.24, 2.45) is 10.8 Å². The zero-order chi connectivity index (χ0) is 9.41. The molecule has 0 aromatic carbocycles. The lowest BCUT2D eigenvalue weighted by atomic mass is 9.64. The van der Waals surface area contributed by atoms with Crippen LogP contribution in [0.4, 0.5) is 0 Å². The fourth-order valence-corrected chi connectivity index (χ4v) is 2.46. The van der Waals surface area contributed by atoms with E-state index in [9.17, 15) is 10.2 Å². The second-order valence-electron chi connectivity index (χ2n) is 5.22. The lowest BCUT2D eigenvalue weighted by molar-refractivity contribution is -0.154. The molecule has 0 aromatic heterocycles. The first-order valence-electron chi connectivity index (χ1n) is 4.72. The normalized spacial score (nSPS) is 35.5. The van der Waals surface area contributed by atoms with E-state index in [1.807, 2.05) is 6.92 Å². The van der Waals surface area contributed by atoms with Crippen molar-refractivity contribution in [3.05, 3.63) is 0 Å². The van der Waals surface area contributed by atoms with Crippen LogP contribution in [0, 0.1) is 10.8 Å². The highest BCUT2D eigenvalue weighted by Gasteiger charge is 2.40. The Balaban J connectivity index is 2.68. The van der Waals surface area contributed by atoms with Crippen LogP contribution in [0.1, 0.15) is 46.5 Å². The van der Waals surface area contributed by atoms with Gasteiger partial charge in [-0.05, 0) is 24.7 Å². The van der Waals surface area contributed by atoms with E-state index in [-0.39, 0.29) is 10.8 Å². The first-order valence-corrected chi connectivity index (χ1v) is 4.72. The molecule has 1 aliphatic rings. The molecule has 0 bridgehead atoms. The molecule has 1 fully saturated rings. The molecule has 0 saturated heterocycles. The monoisotopic (exact) mass is 172 g/mol. The molecule has 1 aliphatic carbocycles. The minimum Gasteiger partial charge on any atom is -0.368 e. The zero-order valence-electron chi connectivity index (χ0n) is 8.30. The van der Waals surface area contributed by atoms with Crippen LogP contribution in [-0.4, -0.2) is 16.5 Å². The Morgan fingerprint density at radius 3 is 2.00 bits per heavy atom. The summed E-state index contributed by atoms with van der Waals surface area (Å²) < 4.78 is 0. The third-order valence-corrected chi connectivity index (χ3v) is 3.11. The second kappa shape index (κ2) is 3.00. The van der Waals surface area contributed by atoms with E-state index in [0.29, 0.717) is 0 Å². The summed E-state index contributed by atoms with van der Waals surface area (Å²) in [6, 6.07) is 0. The van der Waals surface area contributed by atoms with Gasteiger partial charge < -0.3 is 10.2 Å². The van der Waals surface area contributed by atoms with Gasteiger partial charge in [0.15, 0.2) is 6.29 Å². The van der Waals surface area contributed by atoms with E-state index in [1.54, 1.807) is 0 Å². The number of rotatable bonds is 1. The molecule has 0 radical (unpaired) electrons. The molecule has 2 nitrogen and oxygen atoms in total. The summed E-state index contributed by atoms with van der Waals surface area (Å²) in [5.41, 5.74) is -0.00153. The Bertz CT molecular complexity index is 163. The highest BCUT2D eigenvalue weighted by molar-refractivity contribution is 4.88. The van der Waals surface area contributed by atoms with Crippen molar-refractivity contribution in [2.45, 2.75) is 52.7 Å². The molecule has 0 heterocycles. The minimum atomic E-state index is -1.16. The van der Waals surface area contributed by atoms with Crippen LogP contribution in [0.5, 0.6) is 0 Å². The quantitative estimate of drug-likeness (QED) is 0.593. The van der Waals surface area contributed by atoms with Gasteiger partial charge in [0.1, 0.15) is 0 Å². The maximum Gasteiger partial charge on any atom is 0.156 e. The molecule has 12 heavy (non-hydrogen) atoms. The molecule has 2 N–H and O–H groups in total. The number of hydrogen-bond donors (Lipinski definition) is 2. The van der Waals surface area contributed by atoms with E-state index in [0.717, 1.165) is 19.3 Å². The summed E-state index contributed by atoms with van der Waals surface area (Å²) in [5.74, 6) is 0. The third-order valence-electron chi connectivity index (χ3n) is 3.11. The molecule has 1 atom stereocenters. The van der Waals surface area contributed by atoms with Gasteiger partial charge in [-0.3, -0.25) is 0 Å². The summed E-state index contributed by atoms with van der Waals surface area (Å²) in [4.78, 5) is 0. The molecule has 1 saturated carbocycles. The lowest BCUT2D eigenvalue weighted by Gasteiger charge is -2.43. The number of hydrogen-bond acceptors (Lipinski definition) is 2. The number of aliphatic hydroxyl groups excluding tert-OH is 1. The lowest BCUT2D eigenvalue weighted by Crippen LogP contribution is -2.39. The maximum atomic E-state index is 9.22. The van der Waals surface area contributed by atoms with Gasteiger partial charge in [-0.2, -0.15) is 0 Å². The van der Waals surface area contributed by atoms with Gasteiger partial charge in [-0.25, -0.2) is 0 Å². The summed E-state index contributed by atoms with van der Waals surface area (Å²) >= 11 is 0. The van der Waals surface area contributed by atoms with Crippen LogP contribution < -0.4 is 0 Å². The van der Waals surface area contributed by atoms with Gasteiger partial charge >= 0.3 is 0 Å². The highest BCUT2D eigenvalue weighted by Crippen LogP contribution is 2.47. The molecule has 1 rings (SSSR count). The Morgan fingerprint density at radius 2 is 1.67 bits per heavy atom. The van der Waals surface area contributed by atoms with Gasteiger partial charge in [-0.1, -0.05) is 27.2 Å². The molecule has 72 valence electrons. The average molecular weight is 172 g/mol. The van der Waals surface area contributed by atoms with E-state index in [2.05, 4.69) is 13.8 Å². The van der Waals surface area contributed by atoms with Gasteiger partial charge in [0.25, 0.3) is 0 Å². The van der Waals surface area contributed by atoms with Crippen LogP contribution in [0.25, 0.3) is 0 Å². The third kappa shape index (κ3) is 1.99. The molecule has 0 aliphatic heterocycles. The van der Waals surface area contributed by atoms with Crippen LogP contribution in [0.3, 0.4) is 0 Å². The standard InChI is InChI=1S/C10H20O2/c1-9(2)5-4-6-10(3,7-9)8(11)12/h8,11-12H,4-7H2,1-3H3. The minimum absolute atomic E-state index is 0.275. The Morgan fingerprint density at radius 1 is 1.08 bits per heavy atom. The van der Waals surface area contributed by atoms with Crippen molar-refractivity contribution < 1.29 is 10.2 Å². The van der Waals surface area contributed by atoms with Crippen LogP contribution in [-0.2, 0) is 0 Å². The molecule has 1 unspecified atom stereocenters. The zero-order valence-corrected chi connectivity index (χ0v) is 8.30. The summed E-state index contributed by atoms with van der Waals surface area (Å²) in [6.45, 7) is 6.37. The fourth-order valence-electron chi connectivity index (χ4n) is 2.46. The molecule has 0 spiro atoms. The van der Waals surface area contributed by atoms with Gasteiger partial charge in [0.2, 0.25) is 0 Å². The predicted octanol–water partition coefficient (Wildman–Crippen LogP) is 1.90. The fraction of sp³-hybridized carbons (Fsp3) is 1.00. The summed E-state index contributed by atoms with van der Waals surface area (Å²) in [6.07, 6.45) is 3.01. The van der Waals surface area contributed by atoms with Crippen molar-refractivity contribution >= 4 is 0 Å². The smallest absolute Gasteiger partial charge is 0.156 e. The molecule has 2 heteroatoms.